The Morgan fingerprint density at radius 3 is 2.46 bits per heavy atom. The SMILES string of the molecule is C=CC(C)(C)c1ccc(OCCN(C)C)c(C(=O)C=Cc2ccc(O)cc2)c1. The van der Waals surface area contributed by atoms with Crippen molar-refractivity contribution >= 4 is 11.9 Å². The van der Waals surface area contributed by atoms with E-state index in [2.05, 4.69) is 20.4 Å². The lowest BCUT2D eigenvalue weighted by Crippen LogP contribution is -2.20. The Hall–Kier alpha value is -2.85. The highest BCUT2D eigenvalue weighted by molar-refractivity contribution is 6.08. The summed E-state index contributed by atoms with van der Waals surface area (Å²) in [6.07, 6.45) is 5.14. The first kappa shape index (κ1) is 21.5. The molecule has 4 nitrogen and oxygen atoms in total. The largest absolute Gasteiger partial charge is 0.508 e. The summed E-state index contributed by atoms with van der Waals surface area (Å²) in [6, 6.07) is 12.4. The van der Waals surface area contributed by atoms with Crippen LogP contribution >= 0.6 is 0 Å². The fourth-order valence-electron chi connectivity index (χ4n) is 2.55. The molecule has 0 aliphatic carbocycles. The highest BCUT2D eigenvalue weighted by atomic mass is 16.5. The van der Waals surface area contributed by atoms with Gasteiger partial charge in [0.1, 0.15) is 18.1 Å². The number of hydrogen-bond donors (Lipinski definition) is 1. The van der Waals surface area contributed by atoms with E-state index in [0.717, 1.165) is 17.7 Å². The van der Waals surface area contributed by atoms with Crippen molar-refractivity contribution in [1.82, 2.24) is 4.90 Å². The maximum atomic E-state index is 12.9. The van der Waals surface area contributed by atoms with E-state index >= 15 is 0 Å². The molecule has 4 heteroatoms. The van der Waals surface area contributed by atoms with Gasteiger partial charge in [0.25, 0.3) is 0 Å². The molecule has 0 bridgehead atoms. The Balaban J connectivity index is 2.32. The zero-order valence-electron chi connectivity index (χ0n) is 17.1. The summed E-state index contributed by atoms with van der Waals surface area (Å²) in [7, 11) is 3.96. The number of allylic oxidation sites excluding steroid dienone is 2. The summed E-state index contributed by atoms with van der Waals surface area (Å²) in [6.45, 7) is 9.28. The van der Waals surface area contributed by atoms with E-state index in [1.54, 1.807) is 30.3 Å². The molecule has 2 aromatic rings. The predicted octanol–water partition coefficient (Wildman–Crippen LogP) is 4.69. The average molecular weight is 380 g/mol. The molecule has 0 saturated carbocycles. The van der Waals surface area contributed by atoms with Crippen LogP contribution in [-0.4, -0.2) is 43.0 Å². The van der Waals surface area contributed by atoms with E-state index in [0.29, 0.717) is 17.9 Å². The first-order chi connectivity index (χ1) is 13.2. The quantitative estimate of drug-likeness (QED) is 0.390. The molecule has 0 saturated heterocycles. The van der Waals surface area contributed by atoms with Crippen LogP contribution in [0.5, 0.6) is 11.5 Å². The molecule has 0 aliphatic heterocycles. The van der Waals surface area contributed by atoms with Gasteiger partial charge >= 0.3 is 0 Å². The molecule has 0 aliphatic rings. The molecular weight excluding hydrogens is 350 g/mol. The lowest BCUT2D eigenvalue weighted by molar-refractivity contribution is 0.104. The Morgan fingerprint density at radius 1 is 1.18 bits per heavy atom. The van der Waals surface area contributed by atoms with Crippen molar-refractivity contribution in [2.75, 3.05) is 27.2 Å². The first-order valence-electron chi connectivity index (χ1n) is 9.30. The third kappa shape index (κ3) is 5.83. The summed E-state index contributed by atoms with van der Waals surface area (Å²) in [4.78, 5) is 14.9. The number of ketones is 1. The summed E-state index contributed by atoms with van der Waals surface area (Å²) < 4.78 is 5.88. The van der Waals surface area contributed by atoms with Crippen LogP contribution in [0, 0.1) is 0 Å². The van der Waals surface area contributed by atoms with Gasteiger partial charge in [-0.3, -0.25) is 4.79 Å². The molecule has 0 amide bonds. The van der Waals surface area contributed by atoms with Gasteiger partial charge in [-0.1, -0.05) is 44.2 Å². The molecule has 0 atom stereocenters. The standard InChI is InChI=1S/C24H29NO3/c1-6-24(2,3)19-10-14-23(28-16-15-25(4)5)21(17-19)22(27)13-9-18-7-11-20(26)12-8-18/h6-14,17,26H,1,15-16H2,2-5H3. The van der Waals surface area contributed by atoms with Crippen molar-refractivity contribution in [3.63, 3.8) is 0 Å². The molecule has 0 aromatic heterocycles. The highest BCUT2D eigenvalue weighted by Gasteiger charge is 2.20. The monoisotopic (exact) mass is 379 g/mol. The van der Waals surface area contributed by atoms with Gasteiger partial charge in [-0.15, -0.1) is 6.58 Å². The van der Waals surface area contributed by atoms with E-state index < -0.39 is 0 Å². The Labute approximate surface area is 167 Å². The van der Waals surface area contributed by atoms with Gasteiger partial charge in [-0.25, -0.2) is 0 Å². The average Bonchev–Trinajstić information content (AvgIpc) is 2.67. The predicted molar refractivity (Wildman–Crippen MR) is 115 cm³/mol. The van der Waals surface area contributed by atoms with E-state index in [9.17, 15) is 9.90 Å². The topological polar surface area (TPSA) is 49.8 Å². The molecule has 0 radical (unpaired) electrons. The molecule has 2 rings (SSSR count). The molecule has 28 heavy (non-hydrogen) atoms. The lowest BCUT2D eigenvalue weighted by Gasteiger charge is -2.22. The van der Waals surface area contributed by atoms with Crippen molar-refractivity contribution in [3.8, 4) is 11.5 Å². The van der Waals surface area contributed by atoms with Gasteiger partial charge in [-0.05, 0) is 55.6 Å². The van der Waals surface area contributed by atoms with Crippen molar-refractivity contribution in [1.29, 1.82) is 0 Å². The van der Waals surface area contributed by atoms with Gasteiger partial charge in [-0.2, -0.15) is 0 Å². The van der Waals surface area contributed by atoms with Crippen molar-refractivity contribution in [2.24, 2.45) is 0 Å². The third-order valence-corrected chi connectivity index (χ3v) is 4.62. The van der Waals surface area contributed by atoms with E-state index in [1.807, 2.05) is 43.3 Å². The number of rotatable bonds is 9. The van der Waals surface area contributed by atoms with Gasteiger partial charge in [0.2, 0.25) is 0 Å². The minimum Gasteiger partial charge on any atom is -0.508 e. The summed E-state index contributed by atoms with van der Waals surface area (Å²) >= 11 is 0. The van der Waals surface area contributed by atoms with E-state index in [4.69, 9.17) is 4.74 Å². The minimum absolute atomic E-state index is 0.130. The molecule has 2 aromatic carbocycles. The fourth-order valence-corrected chi connectivity index (χ4v) is 2.55. The van der Waals surface area contributed by atoms with Gasteiger partial charge in [0.05, 0.1) is 5.56 Å². The van der Waals surface area contributed by atoms with Crippen LogP contribution in [0.2, 0.25) is 0 Å². The van der Waals surface area contributed by atoms with E-state index in [1.165, 1.54) is 6.08 Å². The Morgan fingerprint density at radius 2 is 1.86 bits per heavy atom. The molecular formula is C24H29NO3. The van der Waals surface area contributed by atoms with Crippen LogP contribution in [0.1, 0.15) is 35.3 Å². The van der Waals surface area contributed by atoms with Crippen molar-refractivity contribution in [2.45, 2.75) is 19.3 Å². The number of hydrogen-bond acceptors (Lipinski definition) is 4. The first-order valence-corrected chi connectivity index (χ1v) is 9.30. The molecule has 0 fully saturated rings. The number of carbonyl (C=O) groups is 1. The van der Waals surface area contributed by atoms with Crippen molar-refractivity contribution < 1.29 is 14.6 Å². The minimum atomic E-state index is -0.252. The van der Waals surface area contributed by atoms with Gasteiger partial charge in [0, 0.05) is 12.0 Å². The highest BCUT2D eigenvalue weighted by Crippen LogP contribution is 2.30. The summed E-state index contributed by atoms with van der Waals surface area (Å²) in [5.74, 6) is 0.639. The van der Waals surface area contributed by atoms with Gasteiger partial charge < -0.3 is 14.7 Å². The Bertz CT molecular complexity index is 849. The van der Waals surface area contributed by atoms with Crippen LogP contribution in [0.15, 0.2) is 61.2 Å². The third-order valence-electron chi connectivity index (χ3n) is 4.62. The van der Waals surface area contributed by atoms with E-state index in [-0.39, 0.29) is 16.9 Å². The maximum absolute atomic E-state index is 12.9. The Kier molecular flexibility index (Phi) is 7.18. The second kappa shape index (κ2) is 9.38. The number of phenolic OH excluding ortho intramolecular Hbond substituents is 1. The van der Waals surface area contributed by atoms with Crippen molar-refractivity contribution in [3.05, 3.63) is 77.9 Å². The molecule has 0 spiro atoms. The molecule has 0 unspecified atom stereocenters. The van der Waals surface area contributed by atoms with Gasteiger partial charge in [0.15, 0.2) is 5.78 Å². The zero-order valence-corrected chi connectivity index (χ0v) is 17.1. The van der Waals surface area contributed by atoms with Crippen LogP contribution in [0.25, 0.3) is 6.08 Å². The smallest absolute Gasteiger partial charge is 0.189 e. The maximum Gasteiger partial charge on any atom is 0.189 e. The van der Waals surface area contributed by atoms with Crippen LogP contribution < -0.4 is 4.74 Å². The summed E-state index contributed by atoms with van der Waals surface area (Å²) in [5.41, 5.74) is 2.12. The second-order valence-corrected chi connectivity index (χ2v) is 7.58. The number of phenols is 1. The van der Waals surface area contributed by atoms with Crippen LogP contribution in [0.3, 0.4) is 0 Å². The number of carbonyl (C=O) groups excluding carboxylic acids is 1. The molecule has 148 valence electrons. The number of aromatic hydroxyl groups is 1. The number of benzene rings is 2. The normalized spacial score (nSPS) is 11.8. The van der Waals surface area contributed by atoms with Crippen LogP contribution in [0.4, 0.5) is 0 Å². The summed E-state index contributed by atoms with van der Waals surface area (Å²) in [5, 5.41) is 9.38. The second-order valence-electron chi connectivity index (χ2n) is 7.58. The number of ether oxygens (including phenoxy) is 1. The molecule has 0 heterocycles. The lowest BCUT2D eigenvalue weighted by atomic mass is 9.83. The zero-order chi connectivity index (χ0) is 20.7. The fraction of sp³-hybridized carbons (Fsp3) is 0.292. The number of likely N-dealkylation sites (N-methyl/N-ethyl adjacent to an activating group) is 1. The number of nitrogens with zero attached hydrogens (tertiary/aromatic N) is 1. The molecule has 1 N–H and O–H groups in total. The van der Waals surface area contributed by atoms with Crippen LogP contribution in [-0.2, 0) is 5.41 Å².